The number of rotatable bonds is 11. The first-order valence-electron chi connectivity index (χ1n) is 10.0. The number of ether oxygens (including phenoxy) is 1. The van der Waals surface area contributed by atoms with E-state index in [2.05, 4.69) is 27.9 Å². The average Bonchev–Trinajstić information content (AvgIpc) is 3.10. The van der Waals surface area contributed by atoms with Crippen molar-refractivity contribution in [2.24, 2.45) is 0 Å². The molecule has 1 amide bonds. The van der Waals surface area contributed by atoms with Crippen LogP contribution < -0.4 is 9.88 Å². The van der Waals surface area contributed by atoms with E-state index in [0.717, 1.165) is 24.1 Å². The lowest BCUT2D eigenvalue weighted by Crippen LogP contribution is -2.43. The molecule has 6 nitrogen and oxygen atoms in total. The van der Waals surface area contributed by atoms with Crippen LogP contribution in [0.15, 0.2) is 55.1 Å². The fourth-order valence-electron chi connectivity index (χ4n) is 3.20. The van der Waals surface area contributed by atoms with Gasteiger partial charge in [0.25, 0.3) is 5.91 Å². The fourth-order valence-corrected chi connectivity index (χ4v) is 3.20. The summed E-state index contributed by atoms with van der Waals surface area (Å²) >= 11 is 0. The Morgan fingerprint density at radius 3 is 2.82 bits per heavy atom. The summed E-state index contributed by atoms with van der Waals surface area (Å²) in [6, 6.07) is 11.6. The van der Waals surface area contributed by atoms with Crippen molar-refractivity contribution in [3.8, 4) is 0 Å². The van der Waals surface area contributed by atoms with Gasteiger partial charge < -0.3 is 10.1 Å². The highest BCUT2D eigenvalue weighted by atomic mass is 16.5. The molecule has 28 heavy (non-hydrogen) atoms. The fraction of sp³-hybridized carbons (Fsp3) is 0.409. The van der Waals surface area contributed by atoms with Crippen LogP contribution in [0.25, 0.3) is 11.0 Å². The molecule has 3 aromatic rings. The van der Waals surface area contributed by atoms with E-state index in [1.807, 2.05) is 29.1 Å². The maximum Gasteiger partial charge on any atom is 0.255 e. The molecular weight excluding hydrogens is 352 g/mol. The van der Waals surface area contributed by atoms with Crippen LogP contribution in [-0.4, -0.2) is 22.1 Å². The molecule has 6 heteroatoms. The smallest absolute Gasteiger partial charge is 0.255 e. The predicted molar refractivity (Wildman–Crippen MR) is 109 cm³/mol. The van der Waals surface area contributed by atoms with Gasteiger partial charge in [-0.25, -0.2) is 9.13 Å². The Morgan fingerprint density at radius 1 is 1.14 bits per heavy atom. The standard InChI is InChI=1S/C22H28N4O2/c1-2-3-4-5-8-14-28-18-26-17-25(20-11-6-7-12-21(20)26)16-24-22(27)19-10-9-13-23-15-19/h6-7,9-13,15,17H,2-5,8,14,16,18H2,1H3/p+1. The summed E-state index contributed by atoms with van der Waals surface area (Å²) in [5.74, 6) is -0.138. The number of carbonyl (C=O) groups excluding carboxylic acids is 1. The van der Waals surface area contributed by atoms with E-state index < -0.39 is 0 Å². The topological polar surface area (TPSA) is 60.0 Å². The monoisotopic (exact) mass is 381 g/mol. The van der Waals surface area contributed by atoms with E-state index in [9.17, 15) is 4.79 Å². The lowest BCUT2D eigenvalue weighted by atomic mass is 10.2. The van der Waals surface area contributed by atoms with Gasteiger partial charge in [-0.05, 0) is 30.7 Å². The van der Waals surface area contributed by atoms with E-state index in [1.165, 1.54) is 25.7 Å². The van der Waals surface area contributed by atoms with Crippen LogP contribution in [0.2, 0.25) is 0 Å². The lowest BCUT2D eigenvalue weighted by molar-refractivity contribution is -0.675. The molecule has 0 bridgehead atoms. The number of nitrogens with zero attached hydrogens (tertiary/aromatic N) is 3. The first-order chi connectivity index (χ1) is 13.8. The van der Waals surface area contributed by atoms with Crippen LogP contribution >= 0.6 is 0 Å². The van der Waals surface area contributed by atoms with Gasteiger partial charge in [-0.15, -0.1) is 0 Å². The largest absolute Gasteiger partial charge is 0.342 e. The Labute approximate surface area is 166 Å². The molecule has 0 aliphatic heterocycles. The van der Waals surface area contributed by atoms with Crippen LogP contribution in [0, 0.1) is 0 Å². The number of fused-ring (bicyclic) bond motifs is 1. The van der Waals surface area contributed by atoms with Gasteiger partial charge in [0, 0.05) is 12.4 Å². The van der Waals surface area contributed by atoms with Gasteiger partial charge >= 0.3 is 0 Å². The number of pyridine rings is 1. The van der Waals surface area contributed by atoms with Gasteiger partial charge in [-0.2, -0.15) is 0 Å². The minimum Gasteiger partial charge on any atom is -0.342 e. The van der Waals surface area contributed by atoms with Crippen molar-refractivity contribution in [2.45, 2.75) is 52.4 Å². The summed E-state index contributed by atoms with van der Waals surface area (Å²) < 4.78 is 9.97. The molecule has 0 atom stereocenters. The molecule has 0 unspecified atom stereocenters. The van der Waals surface area contributed by atoms with E-state index in [1.54, 1.807) is 24.5 Å². The number of aromatic nitrogens is 3. The van der Waals surface area contributed by atoms with Gasteiger partial charge in [-0.3, -0.25) is 9.78 Å². The first-order valence-corrected chi connectivity index (χ1v) is 10.0. The van der Waals surface area contributed by atoms with Gasteiger partial charge in [0.15, 0.2) is 24.4 Å². The second-order valence-corrected chi connectivity index (χ2v) is 6.90. The van der Waals surface area contributed by atoms with Crippen LogP contribution in [0.4, 0.5) is 0 Å². The summed E-state index contributed by atoms with van der Waals surface area (Å²) in [6.45, 7) is 3.89. The van der Waals surface area contributed by atoms with Crippen LogP contribution in [-0.2, 0) is 18.1 Å². The third-order valence-electron chi connectivity index (χ3n) is 4.74. The van der Waals surface area contributed by atoms with Crippen molar-refractivity contribution < 1.29 is 14.1 Å². The van der Waals surface area contributed by atoms with Crippen LogP contribution in [0.5, 0.6) is 0 Å². The van der Waals surface area contributed by atoms with E-state index in [4.69, 9.17) is 4.74 Å². The second-order valence-electron chi connectivity index (χ2n) is 6.90. The summed E-state index contributed by atoms with van der Waals surface area (Å²) in [7, 11) is 0. The SMILES string of the molecule is CCCCCCCOCn1c[n+](CNC(=O)c2cccnc2)c2ccccc21. The third-order valence-corrected chi connectivity index (χ3v) is 4.74. The van der Waals surface area contributed by atoms with E-state index in [-0.39, 0.29) is 5.91 Å². The molecule has 0 aliphatic rings. The molecule has 0 aliphatic carbocycles. The quantitative estimate of drug-likeness (QED) is 0.407. The Balaban J connectivity index is 1.58. The molecule has 1 aromatic carbocycles. The average molecular weight is 382 g/mol. The van der Waals surface area contributed by atoms with Gasteiger partial charge in [0.2, 0.25) is 6.33 Å². The highest BCUT2D eigenvalue weighted by Crippen LogP contribution is 2.11. The number of benzene rings is 1. The van der Waals surface area contributed by atoms with Gasteiger partial charge in [-0.1, -0.05) is 44.7 Å². The summed E-state index contributed by atoms with van der Waals surface area (Å²) in [6.07, 6.45) is 11.4. The van der Waals surface area contributed by atoms with Gasteiger partial charge in [0.05, 0.1) is 12.2 Å². The summed E-state index contributed by atoms with van der Waals surface area (Å²) in [5, 5.41) is 2.95. The van der Waals surface area contributed by atoms with Crippen LogP contribution in [0.3, 0.4) is 0 Å². The molecule has 0 fully saturated rings. The van der Waals surface area contributed by atoms with Crippen molar-refractivity contribution in [1.82, 2.24) is 14.9 Å². The Morgan fingerprint density at radius 2 is 2.00 bits per heavy atom. The Kier molecular flexibility index (Phi) is 7.55. The van der Waals surface area contributed by atoms with E-state index >= 15 is 0 Å². The minimum absolute atomic E-state index is 0.138. The lowest BCUT2D eigenvalue weighted by Gasteiger charge is -2.03. The zero-order chi connectivity index (χ0) is 19.6. The molecule has 2 aromatic heterocycles. The maximum atomic E-state index is 12.3. The zero-order valence-electron chi connectivity index (χ0n) is 16.5. The van der Waals surface area contributed by atoms with Crippen molar-refractivity contribution in [1.29, 1.82) is 0 Å². The Hall–Kier alpha value is -2.73. The van der Waals surface area contributed by atoms with Crippen molar-refractivity contribution in [3.05, 3.63) is 60.7 Å². The first kappa shape index (κ1) is 20.0. The summed E-state index contributed by atoms with van der Waals surface area (Å²) in [4.78, 5) is 16.3. The molecule has 3 rings (SSSR count). The minimum atomic E-state index is -0.138. The number of amides is 1. The predicted octanol–water partition coefficient (Wildman–Crippen LogP) is 3.66. The van der Waals surface area contributed by atoms with Crippen molar-refractivity contribution in [2.75, 3.05) is 6.61 Å². The van der Waals surface area contributed by atoms with Gasteiger partial charge in [0.1, 0.15) is 0 Å². The maximum absolute atomic E-state index is 12.3. The second kappa shape index (κ2) is 10.6. The molecule has 148 valence electrons. The molecule has 0 saturated heterocycles. The number of nitrogens with one attached hydrogen (secondary N) is 1. The highest BCUT2D eigenvalue weighted by molar-refractivity contribution is 5.93. The zero-order valence-corrected chi connectivity index (χ0v) is 16.5. The summed E-state index contributed by atoms with van der Waals surface area (Å²) in [5.41, 5.74) is 2.70. The third kappa shape index (κ3) is 5.39. The Bertz CT molecular complexity index is 877. The molecule has 0 radical (unpaired) electrons. The number of imidazole rings is 1. The molecule has 0 spiro atoms. The molecule has 1 N–H and O–H groups in total. The van der Waals surface area contributed by atoms with E-state index in [0.29, 0.717) is 19.0 Å². The number of hydrogen-bond acceptors (Lipinski definition) is 3. The highest BCUT2D eigenvalue weighted by Gasteiger charge is 2.16. The number of unbranched alkanes of at least 4 members (excludes halogenated alkanes) is 4. The van der Waals surface area contributed by atoms with Crippen LogP contribution in [0.1, 0.15) is 49.4 Å². The number of carbonyl (C=O) groups is 1. The number of para-hydroxylation sites is 2. The molecule has 2 heterocycles. The molecular formula is C22H29N4O2+. The van der Waals surface area contributed by atoms with Crippen molar-refractivity contribution in [3.63, 3.8) is 0 Å². The van der Waals surface area contributed by atoms with Crippen molar-refractivity contribution >= 4 is 16.9 Å². The molecule has 0 saturated carbocycles. The normalized spacial score (nSPS) is 11.0. The number of hydrogen-bond donors (Lipinski definition) is 1.